The maximum atomic E-state index is 3.58. The molecule has 1 atom stereocenters. The Morgan fingerprint density at radius 1 is 1.25 bits per heavy atom. The van der Waals surface area contributed by atoms with Gasteiger partial charge in [0.1, 0.15) is 0 Å². The smallest absolute Gasteiger partial charge is 0.0218 e. The van der Waals surface area contributed by atoms with Crippen LogP contribution in [-0.4, -0.2) is 36.6 Å². The van der Waals surface area contributed by atoms with E-state index in [0.717, 1.165) is 18.5 Å². The first-order valence-corrected chi connectivity index (χ1v) is 7.14. The summed E-state index contributed by atoms with van der Waals surface area (Å²) in [4.78, 5) is 2.68. The van der Waals surface area contributed by atoms with Gasteiger partial charge >= 0.3 is 0 Å². The highest BCUT2D eigenvalue weighted by atomic mass is 15.2. The first-order valence-electron chi connectivity index (χ1n) is 7.14. The van der Waals surface area contributed by atoms with Gasteiger partial charge in [0.2, 0.25) is 0 Å². The molecule has 0 aromatic heterocycles. The molecule has 96 valence electrons. The molecule has 0 spiro atoms. The van der Waals surface area contributed by atoms with Crippen LogP contribution in [0.5, 0.6) is 0 Å². The van der Waals surface area contributed by atoms with Crippen molar-refractivity contribution in [2.45, 2.75) is 65.5 Å². The molecule has 0 heterocycles. The number of hydrogen-bond donors (Lipinski definition) is 1. The van der Waals surface area contributed by atoms with E-state index < -0.39 is 0 Å². The van der Waals surface area contributed by atoms with Crippen molar-refractivity contribution in [3.05, 3.63) is 0 Å². The molecule has 2 heteroatoms. The topological polar surface area (TPSA) is 15.3 Å². The average molecular weight is 226 g/mol. The summed E-state index contributed by atoms with van der Waals surface area (Å²) in [6.07, 6.45) is 5.65. The number of nitrogens with zero attached hydrogens (tertiary/aromatic N) is 1. The molecule has 1 N–H and O–H groups in total. The van der Waals surface area contributed by atoms with Gasteiger partial charge in [-0.1, -0.05) is 34.1 Å². The average Bonchev–Trinajstić information content (AvgIpc) is 2.20. The summed E-state index contributed by atoms with van der Waals surface area (Å²) in [5.41, 5.74) is 0. The second-order valence-corrected chi connectivity index (χ2v) is 5.51. The molecule has 0 saturated heterocycles. The largest absolute Gasteiger partial charge is 0.313 e. The zero-order valence-corrected chi connectivity index (χ0v) is 11.6. The van der Waals surface area contributed by atoms with Gasteiger partial charge in [-0.05, 0) is 31.7 Å². The minimum absolute atomic E-state index is 0.608. The molecule has 0 aliphatic heterocycles. The van der Waals surface area contributed by atoms with Crippen LogP contribution in [0.25, 0.3) is 0 Å². The molecule has 1 unspecified atom stereocenters. The number of hydrogen-bond acceptors (Lipinski definition) is 2. The summed E-state index contributed by atoms with van der Waals surface area (Å²) in [5, 5.41) is 3.58. The standard InChI is InChI=1S/C14H30N2/c1-5-14(10-15-12(3)4)16(6-2)11-13-8-7-9-13/h12-15H,5-11H2,1-4H3. The molecule has 0 aromatic rings. The quantitative estimate of drug-likeness (QED) is 0.684. The molecule has 1 aliphatic rings. The summed E-state index contributed by atoms with van der Waals surface area (Å²) in [6.45, 7) is 12.8. The van der Waals surface area contributed by atoms with Crippen LogP contribution < -0.4 is 5.32 Å². The van der Waals surface area contributed by atoms with Crippen molar-refractivity contribution in [2.75, 3.05) is 19.6 Å². The number of likely N-dealkylation sites (N-methyl/N-ethyl adjacent to an activating group) is 1. The third-order valence-corrected chi connectivity index (χ3v) is 3.87. The summed E-state index contributed by atoms with van der Waals surface area (Å²) in [7, 11) is 0. The van der Waals surface area contributed by atoms with Crippen LogP contribution in [0.15, 0.2) is 0 Å². The fourth-order valence-electron chi connectivity index (χ4n) is 2.45. The van der Waals surface area contributed by atoms with E-state index in [1.807, 2.05) is 0 Å². The molecule has 0 radical (unpaired) electrons. The predicted molar refractivity (Wildman–Crippen MR) is 71.8 cm³/mol. The maximum Gasteiger partial charge on any atom is 0.0218 e. The second-order valence-electron chi connectivity index (χ2n) is 5.51. The Morgan fingerprint density at radius 2 is 1.94 bits per heavy atom. The van der Waals surface area contributed by atoms with E-state index in [4.69, 9.17) is 0 Å². The van der Waals surface area contributed by atoms with Gasteiger partial charge in [-0.2, -0.15) is 0 Å². The van der Waals surface area contributed by atoms with Gasteiger partial charge in [-0.15, -0.1) is 0 Å². The van der Waals surface area contributed by atoms with E-state index in [9.17, 15) is 0 Å². The fourth-order valence-corrected chi connectivity index (χ4v) is 2.45. The summed E-state index contributed by atoms with van der Waals surface area (Å²) < 4.78 is 0. The Bertz CT molecular complexity index is 176. The molecule has 16 heavy (non-hydrogen) atoms. The van der Waals surface area contributed by atoms with Crippen LogP contribution in [0.2, 0.25) is 0 Å². The lowest BCUT2D eigenvalue weighted by Gasteiger charge is -2.37. The highest BCUT2D eigenvalue weighted by molar-refractivity contribution is 4.79. The monoisotopic (exact) mass is 226 g/mol. The summed E-state index contributed by atoms with van der Waals surface area (Å²) in [5.74, 6) is 0.994. The van der Waals surface area contributed by atoms with Crippen LogP contribution in [0.4, 0.5) is 0 Å². The van der Waals surface area contributed by atoms with Gasteiger partial charge in [0.15, 0.2) is 0 Å². The van der Waals surface area contributed by atoms with E-state index in [-0.39, 0.29) is 0 Å². The molecular formula is C14H30N2. The molecule has 2 nitrogen and oxygen atoms in total. The van der Waals surface area contributed by atoms with Crippen molar-refractivity contribution in [3.63, 3.8) is 0 Å². The molecular weight excluding hydrogens is 196 g/mol. The van der Waals surface area contributed by atoms with E-state index in [2.05, 4.69) is 37.9 Å². The zero-order valence-electron chi connectivity index (χ0n) is 11.6. The Balaban J connectivity index is 2.33. The van der Waals surface area contributed by atoms with Crippen molar-refractivity contribution >= 4 is 0 Å². The van der Waals surface area contributed by atoms with Crippen molar-refractivity contribution < 1.29 is 0 Å². The number of nitrogens with one attached hydrogen (secondary N) is 1. The van der Waals surface area contributed by atoms with Gasteiger partial charge in [-0.25, -0.2) is 0 Å². The van der Waals surface area contributed by atoms with Crippen LogP contribution in [0.1, 0.15) is 53.4 Å². The van der Waals surface area contributed by atoms with E-state index >= 15 is 0 Å². The van der Waals surface area contributed by atoms with Crippen LogP contribution in [0, 0.1) is 5.92 Å². The first kappa shape index (κ1) is 14.0. The molecule has 1 rings (SSSR count). The minimum Gasteiger partial charge on any atom is -0.313 e. The Kier molecular flexibility index (Phi) is 6.37. The van der Waals surface area contributed by atoms with E-state index in [1.54, 1.807) is 0 Å². The van der Waals surface area contributed by atoms with Crippen molar-refractivity contribution in [2.24, 2.45) is 5.92 Å². The predicted octanol–water partition coefficient (Wildman–Crippen LogP) is 2.89. The maximum absolute atomic E-state index is 3.58. The highest BCUT2D eigenvalue weighted by Gasteiger charge is 2.23. The van der Waals surface area contributed by atoms with E-state index in [1.165, 1.54) is 38.8 Å². The zero-order chi connectivity index (χ0) is 12.0. The van der Waals surface area contributed by atoms with Gasteiger partial charge in [0.25, 0.3) is 0 Å². The second kappa shape index (κ2) is 7.29. The molecule has 1 aliphatic carbocycles. The van der Waals surface area contributed by atoms with Gasteiger partial charge in [-0.3, -0.25) is 4.90 Å². The lowest BCUT2D eigenvalue weighted by Crippen LogP contribution is -2.46. The van der Waals surface area contributed by atoms with Crippen molar-refractivity contribution in [3.8, 4) is 0 Å². The Hall–Kier alpha value is -0.0800. The highest BCUT2D eigenvalue weighted by Crippen LogP contribution is 2.27. The molecule has 1 saturated carbocycles. The SMILES string of the molecule is CCC(CNC(C)C)N(CC)CC1CCC1. The molecule has 1 fully saturated rings. The summed E-state index contributed by atoms with van der Waals surface area (Å²) in [6, 6.07) is 1.34. The Labute approximate surface area is 102 Å². The fraction of sp³-hybridized carbons (Fsp3) is 1.00. The normalized spacial score (nSPS) is 19.1. The first-order chi connectivity index (χ1) is 7.67. The van der Waals surface area contributed by atoms with E-state index in [0.29, 0.717) is 6.04 Å². The van der Waals surface area contributed by atoms with Crippen LogP contribution in [-0.2, 0) is 0 Å². The third-order valence-electron chi connectivity index (χ3n) is 3.87. The van der Waals surface area contributed by atoms with Crippen molar-refractivity contribution in [1.82, 2.24) is 10.2 Å². The lowest BCUT2D eigenvalue weighted by atomic mass is 9.85. The summed E-state index contributed by atoms with van der Waals surface area (Å²) >= 11 is 0. The lowest BCUT2D eigenvalue weighted by molar-refractivity contribution is 0.132. The van der Waals surface area contributed by atoms with Crippen LogP contribution in [0.3, 0.4) is 0 Å². The molecule has 0 amide bonds. The minimum atomic E-state index is 0.608. The van der Waals surface area contributed by atoms with Crippen molar-refractivity contribution in [1.29, 1.82) is 0 Å². The molecule has 0 bridgehead atoms. The Morgan fingerprint density at radius 3 is 2.31 bits per heavy atom. The van der Waals surface area contributed by atoms with Crippen LogP contribution >= 0.6 is 0 Å². The van der Waals surface area contributed by atoms with Gasteiger partial charge < -0.3 is 5.32 Å². The molecule has 0 aromatic carbocycles. The third kappa shape index (κ3) is 4.42. The van der Waals surface area contributed by atoms with Gasteiger partial charge in [0.05, 0.1) is 0 Å². The number of rotatable bonds is 8. The van der Waals surface area contributed by atoms with Gasteiger partial charge in [0, 0.05) is 25.2 Å².